The van der Waals surface area contributed by atoms with Crippen LogP contribution < -0.4 is 10.1 Å². The van der Waals surface area contributed by atoms with Crippen LogP contribution in [0, 0.1) is 0 Å². The van der Waals surface area contributed by atoms with Gasteiger partial charge in [-0.3, -0.25) is 4.79 Å². The molecule has 4 nitrogen and oxygen atoms in total. The van der Waals surface area contributed by atoms with Crippen molar-refractivity contribution in [2.45, 2.75) is 20.0 Å². The largest absolute Gasteiger partial charge is 0.491 e. The fourth-order valence-corrected chi connectivity index (χ4v) is 1.08. The zero-order valence-corrected chi connectivity index (χ0v) is 8.86. The minimum Gasteiger partial charge on any atom is -0.491 e. The van der Waals surface area contributed by atoms with E-state index in [1.54, 1.807) is 31.2 Å². The molecule has 1 atom stereocenters. The third kappa shape index (κ3) is 4.46. The van der Waals surface area contributed by atoms with Crippen LogP contribution in [0.1, 0.15) is 13.8 Å². The standard InChI is InChI=1S/C11H15NO3/c1-8(13)7-15-11-5-3-4-10(6-11)12-9(2)14/h3-6,8,13H,7H2,1-2H3,(H,12,14)/t8-/m0/s1. The number of benzene rings is 1. The lowest BCUT2D eigenvalue weighted by molar-refractivity contribution is -0.114. The van der Waals surface area contributed by atoms with Gasteiger partial charge in [-0.2, -0.15) is 0 Å². The maximum absolute atomic E-state index is 10.8. The van der Waals surface area contributed by atoms with Gasteiger partial charge in [0.1, 0.15) is 12.4 Å². The van der Waals surface area contributed by atoms with Gasteiger partial charge in [0.25, 0.3) is 0 Å². The van der Waals surface area contributed by atoms with Gasteiger partial charge in [0.05, 0.1) is 6.10 Å². The first-order valence-electron chi connectivity index (χ1n) is 4.76. The molecule has 0 unspecified atom stereocenters. The van der Waals surface area contributed by atoms with Crippen molar-refractivity contribution in [3.63, 3.8) is 0 Å². The summed E-state index contributed by atoms with van der Waals surface area (Å²) in [5.74, 6) is 0.504. The normalized spacial score (nSPS) is 11.9. The summed E-state index contributed by atoms with van der Waals surface area (Å²) in [6.45, 7) is 3.34. The number of carbonyl (C=O) groups is 1. The Morgan fingerprint density at radius 1 is 1.60 bits per heavy atom. The van der Waals surface area contributed by atoms with Crippen LogP contribution in [0.25, 0.3) is 0 Å². The first-order valence-corrected chi connectivity index (χ1v) is 4.76. The Morgan fingerprint density at radius 3 is 2.93 bits per heavy atom. The van der Waals surface area contributed by atoms with E-state index in [9.17, 15) is 4.79 Å². The Kier molecular flexibility index (Phi) is 4.12. The summed E-state index contributed by atoms with van der Waals surface area (Å²) in [7, 11) is 0. The maximum Gasteiger partial charge on any atom is 0.221 e. The molecule has 0 fully saturated rings. The highest BCUT2D eigenvalue weighted by Gasteiger charge is 2.00. The van der Waals surface area contributed by atoms with E-state index in [-0.39, 0.29) is 12.5 Å². The van der Waals surface area contributed by atoms with Crippen molar-refractivity contribution in [2.75, 3.05) is 11.9 Å². The molecule has 0 aromatic heterocycles. The molecule has 4 heteroatoms. The Hall–Kier alpha value is -1.55. The van der Waals surface area contributed by atoms with Gasteiger partial charge < -0.3 is 15.2 Å². The molecule has 1 amide bonds. The second kappa shape index (κ2) is 5.36. The number of aliphatic hydroxyl groups is 1. The number of ether oxygens (including phenoxy) is 1. The van der Waals surface area contributed by atoms with Crippen molar-refractivity contribution < 1.29 is 14.6 Å². The Balaban J connectivity index is 2.61. The molecule has 0 spiro atoms. The Labute approximate surface area is 88.9 Å². The molecule has 1 rings (SSSR count). The SMILES string of the molecule is CC(=O)Nc1cccc(OC[C@H](C)O)c1. The highest BCUT2D eigenvalue weighted by molar-refractivity contribution is 5.88. The molecule has 0 aliphatic carbocycles. The van der Waals surface area contributed by atoms with Gasteiger partial charge in [-0.15, -0.1) is 0 Å². The maximum atomic E-state index is 10.8. The number of nitrogens with one attached hydrogen (secondary N) is 1. The first-order chi connectivity index (χ1) is 7.08. The molecule has 2 N–H and O–H groups in total. The van der Waals surface area contributed by atoms with Crippen LogP contribution in [0.5, 0.6) is 5.75 Å². The lowest BCUT2D eigenvalue weighted by atomic mass is 10.3. The summed E-state index contributed by atoms with van der Waals surface area (Å²) >= 11 is 0. The summed E-state index contributed by atoms with van der Waals surface area (Å²) < 4.78 is 5.29. The molecule has 0 saturated heterocycles. The minimum atomic E-state index is -0.505. The van der Waals surface area contributed by atoms with Crippen molar-refractivity contribution in [3.05, 3.63) is 24.3 Å². The molecule has 0 aliphatic rings. The quantitative estimate of drug-likeness (QED) is 0.788. The van der Waals surface area contributed by atoms with E-state index in [0.29, 0.717) is 11.4 Å². The smallest absolute Gasteiger partial charge is 0.221 e. The molecular formula is C11H15NO3. The summed E-state index contributed by atoms with van der Waals surface area (Å²) in [5, 5.41) is 11.7. The zero-order chi connectivity index (χ0) is 11.3. The van der Waals surface area contributed by atoms with Crippen molar-refractivity contribution in [2.24, 2.45) is 0 Å². The third-order valence-electron chi connectivity index (χ3n) is 1.65. The molecular weight excluding hydrogens is 194 g/mol. The first kappa shape index (κ1) is 11.5. The van der Waals surface area contributed by atoms with Gasteiger partial charge in [-0.25, -0.2) is 0 Å². The van der Waals surface area contributed by atoms with Crippen LogP contribution in [0.15, 0.2) is 24.3 Å². The molecule has 15 heavy (non-hydrogen) atoms. The molecule has 1 aromatic rings. The van der Waals surface area contributed by atoms with Crippen molar-refractivity contribution in [3.8, 4) is 5.75 Å². The molecule has 0 radical (unpaired) electrons. The highest BCUT2D eigenvalue weighted by atomic mass is 16.5. The van der Waals surface area contributed by atoms with Crippen molar-refractivity contribution in [1.29, 1.82) is 0 Å². The van der Waals surface area contributed by atoms with E-state index in [2.05, 4.69) is 5.32 Å². The topological polar surface area (TPSA) is 58.6 Å². The lowest BCUT2D eigenvalue weighted by Crippen LogP contribution is -2.13. The van der Waals surface area contributed by atoms with Gasteiger partial charge in [0, 0.05) is 18.7 Å². The van der Waals surface area contributed by atoms with Crippen molar-refractivity contribution in [1.82, 2.24) is 0 Å². The van der Waals surface area contributed by atoms with Gasteiger partial charge in [-0.1, -0.05) is 6.07 Å². The van der Waals surface area contributed by atoms with Crippen LogP contribution in [0.4, 0.5) is 5.69 Å². The number of hydrogen-bond donors (Lipinski definition) is 2. The summed E-state index contributed by atoms with van der Waals surface area (Å²) in [6, 6.07) is 7.04. The molecule has 0 saturated carbocycles. The van der Waals surface area contributed by atoms with E-state index in [1.807, 2.05) is 0 Å². The van der Waals surface area contributed by atoms with Gasteiger partial charge in [0.2, 0.25) is 5.91 Å². The number of carbonyl (C=O) groups excluding carboxylic acids is 1. The number of rotatable bonds is 4. The second-order valence-corrected chi connectivity index (χ2v) is 3.37. The number of anilines is 1. The lowest BCUT2D eigenvalue weighted by Gasteiger charge is -2.09. The van der Waals surface area contributed by atoms with E-state index in [0.717, 1.165) is 0 Å². The van der Waals surface area contributed by atoms with Gasteiger partial charge >= 0.3 is 0 Å². The summed E-state index contributed by atoms with van der Waals surface area (Å²) in [5.41, 5.74) is 0.686. The summed E-state index contributed by atoms with van der Waals surface area (Å²) in [6.07, 6.45) is -0.505. The average Bonchev–Trinajstić information content (AvgIpc) is 2.14. The predicted molar refractivity (Wildman–Crippen MR) is 57.9 cm³/mol. The fourth-order valence-electron chi connectivity index (χ4n) is 1.08. The van der Waals surface area contributed by atoms with E-state index >= 15 is 0 Å². The van der Waals surface area contributed by atoms with Gasteiger partial charge in [-0.05, 0) is 19.1 Å². The molecule has 1 aromatic carbocycles. The van der Waals surface area contributed by atoms with Crippen LogP contribution in [-0.2, 0) is 4.79 Å². The van der Waals surface area contributed by atoms with E-state index in [4.69, 9.17) is 9.84 Å². The van der Waals surface area contributed by atoms with Gasteiger partial charge in [0.15, 0.2) is 0 Å². The Bertz CT molecular complexity index is 336. The fraction of sp³-hybridized carbons (Fsp3) is 0.364. The second-order valence-electron chi connectivity index (χ2n) is 3.37. The van der Waals surface area contributed by atoms with Crippen LogP contribution >= 0.6 is 0 Å². The average molecular weight is 209 g/mol. The van der Waals surface area contributed by atoms with Crippen LogP contribution in [0.2, 0.25) is 0 Å². The Morgan fingerprint density at radius 2 is 2.33 bits per heavy atom. The molecule has 82 valence electrons. The monoisotopic (exact) mass is 209 g/mol. The van der Waals surface area contributed by atoms with Crippen LogP contribution in [-0.4, -0.2) is 23.7 Å². The zero-order valence-electron chi connectivity index (χ0n) is 8.86. The molecule has 0 heterocycles. The minimum absolute atomic E-state index is 0.123. The number of amides is 1. The van der Waals surface area contributed by atoms with Crippen molar-refractivity contribution >= 4 is 11.6 Å². The van der Waals surface area contributed by atoms with Crippen LogP contribution in [0.3, 0.4) is 0 Å². The summed E-state index contributed by atoms with van der Waals surface area (Å²) in [4.78, 5) is 10.8. The third-order valence-corrected chi connectivity index (χ3v) is 1.65. The number of aliphatic hydroxyl groups excluding tert-OH is 1. The highest BCUT2D eigenvalue weighted by Crippen LogP contribution is 2.17. The van der Waals surface area contributed by atoms with E-state index < -0.39 is 6.10 Å². The van der Waals surface area contributed by atoms with E-state index in [1.165, 1.54) is 6.92 Å². The number of hydrogen-bond acceptors (Lipinski definition) is 3. The molecule has 0 aliphatic heterocycles. The predicted octanol–water partition coefficient (Wildman–Crippen LogP) is 1.40. The molecule has 0 bridgehead atoms.